The van der Waals surface area contributed by atoms with Gasteiger partial charge in [-0.1, -0.05) is 13.8 Å². The summed E-state index contributed by atoms with van der Waals surface area (Å²) in [4.78, 5) is 21.7. The minimum absolute atomic E-state index is 0.0366. The molecule has 82 valence electrons. The fourth-order valence-electron chi connectivity index (χ4n) is 0.707. The Morgan fingerprint density at radius 3 is 2.21 bits per heavy atom. The normalized spacial score (nSPS) is 11.9. The highest BCUT2D eigenvalue weighted by Crippen LogP contribution is 1.96. The van der Waals surface area contributed by atoms with Crippen LogP contribution in [0.5, 0.6) is 0 Å². The van der Waals surface area contributed by atoms with Gasteiger partial charge in [-0.2, -0.15) is 0 Å². The van der Waals surface area contributed by atoms with Crippen molar-refractivity contribution in [2.75, 3.05) is 13.2 Å². The van der Waals surface area contributed by atoms with Crippen molar-refractivity contribution in [2.24, 2.45) is 5.73 Å². The highest BCUT2D eigenvalue weighted by atomic mass is 16.6. The second kappa shape index (κ2) is 7.32. The summed E-state index contributed by atoms with van der Waals surface area (Å²) in [5.41, 5.74) is 5.33. The Labute approximate surface area is 83.5 Å². The van der Waals surface area contributed by atoms with Gasteiger partial charge < -0.3 is 15.2 Å². The minimum atomic E-state index is -0.530. The van der Waals surface area contributed by atoms with Crippen LogP contribution in [0.4, 0.5) is 0 Å². The van der Waals surface area contributed by atoms with E-state index >= 15 is 0 Å². The topological polar surface area (TPSA) is 78.6 Å². The van der Waals surface area contributed by atoms with Crippen molar-refractivity contribution in [3.8, 4) is 0 Å². The molecule has 2 N–H and O–H groups in total. The van der Waals surface area contributed by atoms with Gasteiger partial charge in [0.05, 0.1) is 0 Å². The van der Waals surface area contributed by atoms with Gasteiger partial charge in [0, 0.05) is 19.4 Å². The van der Waals surface area contributed by atoms with Crippen molar-refractivity contribution in [1.82, 2.24) is 0 Å². The fraction of sp³-hybridized carbons (Fsp3) is 0.778. The summed E-state index contributed by atoms with van der Waals surface area (Å²) in [5, 5.41) is 0. The van der Waals surface area contributed by atoms with Crippen LogP contribution in [0.25, 0.3) is 0 Å². The number of nitrogens with two attached hydrogens (primary N) is 1. The van der Waals surface area contributed by atoms with Crippen molar-refractivity contribution in [1.29, 1.82) is 0 Å². The van der Waals surface area contributed by atoms with E-state index in [9.17, 15) is 9.59 Å². The number of rotatable bonds is 6. The molecule has 0 aromatic rings. The summed E-state index contributed by atoms with van der Waals surface area (Å²) in [6.07, 6.45) is 0.0648. The van der Waals surface area contributed by atoms with Crippen LogP contribution in [-0.2, 0) is 19.1 Å². The summed E-state index contributed by atoms with van der Waals surface area (Å²) in [5.74, 6) is -0.663. The predicted octanol–water partition coefficient (Wildman–Crippen LogP) is 0.220. The lowest BCUT2D eigenvalue weighted by Crippen LogP contribution is -2.31. The number of carbonyl (C=O) groups is 2. The average molecular weight is 203 g/mol. The van der Waals surface area contributed by atoms with E-state index in [2.05, 4.69) is 0 Å². The van der Waals surface area contributed by atoms with Crippen LogP contribution in [0.2, 0.25) is 0 Å². The SMILES string of the molecule is CCC(=O)OCC(CN)OC(=O)CC. The molecule has 0 rings (SSSR count). The first kappa shape index (κ1) is 12.9. The van der Waals surface area contributed by atoms with E-state index in [0.717, 1.165) is 0 Å². The average Bonchev–Trinajstić information content (AvgIpc) is 2.22. The smallest absolute Gasteiger partial charge is 0.305 e. The molecular weight excluding hydrogens is 186 g/mol. The van der Waals surface area contributed by atoms with Gasteiger partial charge in [0.25, 0.3) is 0 Å². The summed E-state index contributed by atoms with van der Waals surface area (Å²) >= 11 is 0. The lowest BCUT2D eigenvalue weighted by molar-refractivity contribution is -0.158. The molecule has 0 fully saturated rings. The Morgan fingerprint density at radius 2 is 1.79 bits per heavy atom. The molecule has 14 heavy (non-hydrogen) atoms. The number of esters is 2. The molecule has 0 saturated heterocycles. The number of hydrogen-bond donors (Lipinski definition) is 1. The molecule has 0 aliphatic carbocycles. The first-order valence-corrected chi connectivity index (χ1v) is 4.69. The van der Waals surface area contributed by atoms with Crippen molar-refractivity contribution in [2.45, 2.75) is 32.8 Å². The molecule has 0 saturated carbocycles. The maximum atomic E-state index is 10.9. The van der Waals surface area contributed by atoms with Crippen molar-refractivity contribution in [3.63, 3.8) is 0 Å². The number of ether oxygens (including phenoxy) is 2. The third kappa shape index (κ3) is 5.53. The van der Waals surface area contributed by atoms with E-state index in [1.165, 1.54) is 0 Å². The van der Waals surface area contributed by atoms with Crippen molar-refractivity contribution < 1.29 is 19.1 Å². The lowest BCUT2D eigenvalue weighted by atomic mass is 10.3. The van der Waals surface area contributed by atoms with Crippen molar-refractivity contribution in [3.05, 3.63) is 0 Å². The highest BCUT2D eigenvalue weighted by molar-refractivity contribution is 5.70. The van der Waals surface area contributed by atoms with Crippen LogP contribution in [0, 0.1) is 0 Å². The van der Waals surface area contributed by atoms with Crippen LogP contribution >= 0.6 is 0 Å². The first-order valence-electron chi connectivity index (χ1n) is 4.69. The highest BCUT2D eigenvalue weighted by Gasteiger charge is 2.13. The van der Waals surface area contributed by atoms with Gasteiger partial charge in [-0.05, 0) is 0 Å². The molecule has 5 heteroatoms. The van der Waals surface area contributed by atoms with Gasteiger partial charge >= 0.3 is 11.9 Å². The fourth-order valence-corrected chi connectivity index (χ4v) is 0.707. The Balaban J connectivity index is 3.79. The van der Waals surface area contributed by atoms with Crippen LogP contribution in [0.1, 0.15) is 26.7 Å². The van der Waals surface area contributed by atoms with E-state index in [1.807, 2.05) is 0 Å². The Kier molecular flexibility index (Phi) is 6.74. The van der Waals surface area contributed by atoms with Gasteiger partial charge in [0.2, 0.25) is 0 Å². The molecule has 5 nitrogen and oxygen atoms in total. The van der Waals surface area contributed by atoms with Gasteiger partial charge in [0.15, 0.2) is 0 Å². The van der Waals surface area contributed by atoms with Gasteiger partial charge in [0.1, 0.15) is 12.7 Å². The second-order valence-corrected chi connectivity index (χ2v) is 2.74. The van der Waals surface area contributed by atoms with E-state index in [4.69, 9.17) is 15.2 Å². The summed E-state index contributed by atoms with van der Waals surface area (Å²) in [6, 6.07) is 0. The zero-order chi connectivity index (χ0) is 11.0. The van der Waals surface area contributed by atoms with Crippen LogP contribution in [-0.4, -0.2) is 31.2 Å². The summed E-state index contributed by atoms with van der Waals surface area (Å²) in [7, 11) is 0. The van der Waals surface area contributed by atoms with E-state index in [1.54, 1.807) is 13.8 Å². The standard InChI is InChI=1S/C9H17NO4/c1-3-8(11)13-6-7(5-10)14-9(12)4-2/h7H,3-6,10H2,1-2H3. The third-order valence-electron chi connectivity index (χ3n) is 1.57. The quantitative estimate of drug-likeness (QED) is 0.625. The first-order chi connectivity index (χ1) is 6.63. The van der Waals surface area contributed by atoms with Gasteiger partial charge in [-0.25, -0.2) is 0 Å². The van der Waals surface area contributed by atoms with E-state index in [0.29, 0.717) is 6.42 Å². The minimum Gasteiger partial charge on any atom is -0.462 e. The largest absolute Gasteiger partial charge is 0.462 e. The number of hydrogen-bond acceptors (Lipinski definition) is 5. The zero-order valence-corrected chi connectivity index (χ0v) is 8.62. The molecule has 0 spiro atoms. The Hall–Kier alpha value is -1.10. The second-order valence-electron chi connectivity index (χ2n) is 2.74. The molecule has 1 atom stereocenters. The molecule has 0 radical (unpaired) electrons. The number of carbonyl (C=O) groups excluding carboxylic acids is 2. The Bertz CT molecular complexity index is 193. The maximum absolute atomic E-state index is 10.9. The molecular formula is C9H17NO4. The van der Waals surface area contributed by atoms with E-state index in [-0.39, 0.29) is 31.5 Å². The molecule has 0 aromatic heterocycles. The Morgan fingerprint density at radius 1 is 1.21 bits per heavy atom. The van der Waals surface area contributed by atoms with Crippen molar-refractivity contribution >= 4 is 11.9 Å². The van der Waals surface area contributed by atoms with Crippen LogP contribution in [0.15, 0.2) is 0 Å². The predicted molar refractivity (Wildman–Crippen MR) is 50.5 cm³/mol. The monoisotopic (exact) mass is 203 g/mol. The molecule has 0 bridgehead atoms. The summed E-state index contributed by atoms with van der Waals surface area (Å²) in [6.45, 7) is 3.57. The van der Waals surface area contributed by atoms with Gasteiger partial charge in [-0.15, -0.1) is 0 Å². The van der Waals surface area contributed by atoms with Gasteiger partial charge in [-0.3, -0.25) is 9.59 Å². The molecule has 0 amide bonds. The zero-order valence-electron chi connectivity index (χ0n) is 8.62. The maximum Gasteiger partial charge on any atom is 0.305 e. The molecule has 0 aliphatic heterocycles. The molecule has 0 aromatic carbocycles. The molecule has 1 unspecified atom stereocenters. The van der Waals surface area contributed by atoms with E-state index < -0.39 is 6.10 Å². The summed E-state index contributed by atoms with van der Waals surface area (Å²) < 4.78 is 9.70. The third-order valence-corrected chi connectivity index (χ3v) is 1.57. The molecule has 0 heterocycles. The van der Waals surface area contributed by atoms with Crippen LogP contribution in [0.3, 0.4) is 0 Å². The van der Waals surface area contributed by atoms with Crippen LogP contribution < -0.4 is 5.73 Å². The lowest BCUT2D eigenvalue weighted by Gasteiger charge is -2.15. The molecule has 0 aliphatic rings.